The number of hydrogen-bond donors (Lipinski definition) is 0. The highest BCUT2D eigenvalue weighted by Gasteiger charge is 2.04. The number of hydrogen-bond acceptors (Lipinski definition) is 2. The van der Waals surface area contributed by atoms with Gasteiger partial charge in [0.05, 0.1) is 0 Å². The Bertz CT molecular complexity index is 173. The number of ether oxygens (including phenoxy) is 1. The van der Waals surface area contributed by atoms with Crippen molar-refractivity contribution in [2.45, 2.75) is 76.6 Å². The molecule has 0 amide bonds. The van der Waals surface area contributed by atoms with Gasteiger partial charge in [0.15, 0.2) is 10.1 Å². The summed E-state index contributed by atoms with van der Waals surface area (Å²) in [4.78, 5) is 0. The van der Waals surface area contributed by atoms with Gasteiger partial charge >= 0.3 is 0 Å². The highest BCUT2D eigenvalue weighted by Crippen LogP contribution is 2.15. The Morgan fingerprint density at radius 2 is 1.56 bits per heavy atom. The van der Waals surface area contributed by atoms with Gasteiger partial charge in [0.25, 0.3) is 0 Å². The first kappa shape index (κ1) is 16.4. The molecule has 0 saturated carbocycles. The van der Waals surface area contributed by atoms with Crippen LogP contribution < -0.4 is 0 Å². The van der Waals surface area contributed by atoms with Crippen molar-refractivity contribution in [3.63, 3.8) is 0 Å². The molecule has 0 aromatic heterocycles. The van der Waals surface area contributed by atoms with Gasteiger partial charge in [0.1, 0.15) is 0 Å². The number of thiocarbonyl (C=S) groups is 1. The summed E-state index contributed by atoms with van der Waals surface area (Å²) in [6.45, 7) is 4.08. The first-order chi connectivity index (χ1) is 7.66. The van der Waals surface area contributed by atoms with E-state index in [1.165, 1.54) is 51.4 Å². The average Bonchev–Trinajstić information content (AvgIpc) is 2.21. The number of rotatable bonds is 10. The molecule has 3 heteroatoms. The fourth-order valence-corrected chi connectivity index (χ4v) is 2.52. The molecule has 0 aromatic rings. The first-order valence-electron chi connectivity index (χ1n) is 6.48. The van der Waals surface area contributed by atoms with Crippen molar-refractivity contribution in [2.75, 3.05) is 0 Å². The zero-order valence-corrected chi connectivity index (χ0v) is 13.0. The molecule has 0 aliphatic heterocycles. The van der Waals surface area contributed by atoms with Gasteiger partial charge in [-0.2, -0.15) is 0 Å². The van der Waals surface area contributed by atoms with Crippen LogP contribution in [0, 0.1) is 0 Å². The normalized spacial score (nSPS) is 12.4. The third-order valence-electron chi connectivity index (χ3n) is 2.58. The first-order valence-corrected chi connectivity index (χ1v) is 7.80. The third-order valence-corrected chi connectivity index (χ3v) is 3.32. The summed E-state index contributed by atoms with van der Waals surface area (Å²) in [7, 11) is 0. The van der Waals surface area contributed by atoms with Crippen LogP contribution in [0.2, 0.25) is 0 Å². The molecular weight excluding hydrogens is 284 g/mol. The van der Waals surface area contributed by atoms with E-state index in [1.54, 1.807) is 0 Å². The summed E-state index contributed by atoms with van der Waals surface area (Å²) in [6.07, 6.45) is 11.9. The topological polar surface area (TPSA) is 9.23 Å². The summed E-state index contributed by atoms with van der Waals surface area (Å²) in [5, 5.41) is 0.742. The Balaban J connectivity index is 3.11. The molecule has 0 N–H and O–H groups in total. The van der Waals surface area contributed by atoms with E-state index in [0.717, 1.165) is 6.42 Å². The Hall–Kier alpha value is 0.370. The molecular formula is C13H25BrOS. The van der Waals surface area contributed by atoms with Crippen LogP contribution in [-0.2, 0) is 4.74 Å². The Morgan fingerprint density at radius 1 is 1.06 bits per heavy atom. The molecule has 0 aromatic carbocycles. The number of halogens is 1. The van der Waals surface area contributed by atoms with Gasteiger partial charge in [-0.1, -0.05) is 51.9 Å². The standard InChI is InChI=1S/C13H25BrOS/c1-3-4-5-6-7-8-9-10-11-13(14)15-12(2)16/h13H,3-11H2,1-2H3. The monoisotopic (exact) mass is 308 g/mol. The van der Waals surface area contributed by atoms with Gasteiger partial charge in [0.2, 0.25) is 0 Å². The lowest BCUT2D eigenvalue weighted by Crippen LogP contribution is -2.07. The summed E-state index contributed by atoms with van der Waals surface area (Å²) >= 11 is 8.35. The minimum Gasteiger partial charge on any atom is -0.473 e. The smallest absolute Gasteiger partial charge is 0.158 e. The molecule has 1 atom stereocenters. The zero-order valence-electron chi connectivity index (χ0n) is 10.6. The minimum absolute atomic E-state index is 0.116. The van der Waals surface area contributed by atoms with E-state index in [2.05, 4.69) is 22.9 Å². The molecule has 0 spiro atoms. The molecule has 0 bridgehead atoms. The SMILES string of the molecule is CCCCCCCCCCC(Br)OC(C)=S. The van der Waals surface area contributed by atoms with Gasteiger partial charge in [-0.3, -0.25) is 0 Å². The lowest BCUT2D eigenvalue weighted by molar-refractivity contribution is 0.270. The quantitative estimate of drug-likeness (QED) is 0.295. The molecule has 0 aliphatic carbocycles. The molecule has 1 unspecified atom stereocenters. The Morgan fingerprint density at radius 3 is 2.06 bits per heavy atom. The maximum atomic E-state index is 5.36. The van der Waals surface area contributed by atoms with Crippen LogP contribution in [0.5, 0.6) is 0 Å². The van der Waals surface area contributed by atoms with Crippen LogP contribution in [-0.4, -0.2) is 10.1 Å². The molecule has 0 aliphatic rings. The van der Waals surface area contributed by atoms with Crippen molar-refractivity contribution in [1.82, 2.24) is 0 Å². The second kappa shape index (κ2) is 11.8. The van der Waals surface area contributed by atoms with Crippen LogP contribution in [0.3, 0.4) is 0 Å². The average molecular weight is 309 g/mol. The zero-order chi connectivity index (χ0) is 12.2. The van der Waals surface area contributed by atoms with Gasteiger partial charge in [0, 0.05) is 6.92 Å². The molecule has 0 fully saturated rings. The Labute approximate surface area is 114 Å². The van der Waals surface area contributed by atoms with Crippen LogP contribution >= 0.6 is 28.1 Å². The predicted molar refractivity (Wildman–Crippen MR) is 79.3 cm³/mol. The van der Waals surface area contributed by atoms with Crippen molar-refractivity contribution >= 4 is 33.2 Å². The molecule has 0 radical (unpaired) electrons. The second-order valence-corrected chi connectivity index (χ2v) is 5.88. The van der Waals surface area contributed by atoms with E-state index in [4.69, 9.17) is 17.0 Å². The lowest BCUT2D eigenvalue weighted by atomic mass is 10.1. The van der Waals surface area contributed by atoms with E-state index in [-0.39, 0.29) is 5.01 Å². The predicted octanol–water partition coefficient (Wildman–Crippen LogP) is 5.60. The largest absolute Gasteiger partial charge is 0.473 e. The maximum absolute atomic E-state index is 5.36. The highest BCUT2D eigenvalue weighted by molar-refractivity contribution is 9.09. The van der Waals surface area contributed by atoms with Gasteiger partial charge in [-0.25, -0.2) is 0 Å². The third kappa shape index (κ3) is 12.4. The van der Waals surface area contributed by atoms with Crippen LogP contribution in [0.1, 0.15) is 71.6 Å². The fraction of sp³-hybridized carbons (Fsp3) is 0.923. The van der Waals surface area contributed by atoms with Crippen molar-refractivity contribution < 1.29 is 4.74 Å². The highest BCUT2D eigenvalue weighted by atomic mass is 79.9. The fourth-order valence-electron chi connectivity index (χ4n) is 1.68. The van der Waals surface area contributed by atoms with E-state index < -0.39 is 0 Å². The summed E-state index contributed by atoms with van der Waals surface area (Å²) < 4.78 is 5.36. The van der Waals surface area contributed by atoms with Crippen molar-refractivity contribution in [3.05, 3.63) is 0 Å². The second-order valence-electron chi connectivity index (χ2n) is 4.28. The van der Waals surface area contributed by atoms with Crippen molar-refractivity contribution in [1.29, 1.82) is 0 Å². The molecule has 1 nitrogen and oxygen atoms in total. The molecule has 16 heavy (non-hydrogen) atoms. The van der Waals surface area contributed by atoms with E-state index in [0.29, 0.717) is 5.05 Å². The molecule has 0 heterocycles. The summed E-state index contributed by atoms with van der Waals surface area (Å²) in [6, 6.07) is 0. The van der Waals surface area contributed by atoms with Gasteiger partial charge in [-0.05, 0) is 41.0 Å². The summed E-state index contributed by atoms with van der Waals surface area (Å²) in [5.74, 6) is 0. The van der Waals surface area contributed by atoms with E-state index in [9.17, 15) is 0 Å². The molecule has 0 rings (SSSR count). The number of alkyl halides is 1. The van der Waals surface area contributed by atoms with E-state index in [1.807, 2.05) is 6.92 Å². The van der Waals surface area contributed by atoms with Crippen LogP contribution in [0.4, 0.5) is 0 Å². The Kier molecular flexibility index (Phi) is 12.1. The molecule has 96 valence electrons. The minimum atomic E-state index is 0.116. The van der Waals surface area contributed by atoms with Crippen molar-refractivity contribution in [3.8, 4) is 0 Å². The van der Waals surface area contributed by atoms with E-state index >= 15 is 0 Å². The maximum Gasteiger partial charge on any atom is 0.158 e. The van der Waals surface area contributed by atoms with Crippen LogP contribution in [0.15, 0.2) is 0 Å². The summed E-state index contributed by atoms with van der Waals surface area (Å²) in [5.41, 5.74) is 0. The van der Waals surface area contributed by atoms with Crippen LogP contribution in [0.25, 0.3) is 0 Å². The van der Waals surface area contributed by atoms with Crippen molar-refractivity contribution in [2.24, 2.45) is 0 Å². The number of unbranched alkanes of at least 4 members (excludes halogenated alkanes) is 7. The van der Waals surface area contributed by atoms with Gasteiger partial charge in [-0.15, -0.1) is 0 Å². The lowest BCUT2D eigenvalue weighted by Gasteiger charge is -2.10. The van der Waals surface area contributed by atoms with Gasteiger partial charge < -0.3 is 4.74 Å². The molecule has 0 saturated heterocycles.